The van der Waals surface area contributed by atoms with Crippen molar-refractivity contribution in [2.75, 3.05) is 5.32 Å². The van der Waals surface area contributed by atoms with Crippen molar-refractivity contribution in [3.8, 4) is 0 Å². The van der Waals surface area contributed by atoms with Crippen molar-refractivity contribution < 1.29 is 19.1 Å². The fourth-order valence-corrected chi connectivity index (χ4v) is 2.52. The average molecular weight is 295 g/mol. The molecule has 0 amide bonds. The van der Waals surface area contributed by atoms with E-state index in [9.17, 15) is 9.59 Å². The van der Waals surface area contributed by atoms with Crippen LogP contribution < -0.4 is 5.32 Å². The molecule has 0 aliphatic carbocycles. The molecule has 7 nitrogen and oxygen atoms in total. The summed E-state index contributed by atoms with van der Waals surface area (Å²) in [6, 6.07) is -0.281. The first kappa shape index (κ1) is 14.2. The van der Waals surface area contributed by atoms with Gasteiger partial charge in [-0.05, 0) is 13.8 Å². The van der Waals surface area contributed by atoms with Gasteiger partial charge in [-0.2, -0.15) is 0 Å². The molecular formula is C12H13N3O4S. The Morgan fingerprint density at radius 2 is 2.20 bits per heavy atom. The normalized spacial score (nSPS) is 12.2. The SMILES string of the molecule is CC(=O)c1sc(NC(C)c2ncc(C)o2)nc1C(=O)O. The molecule has 1 atom stereocenters. The number of carboxylic acid groups (broad SMARTS) is 1. The summed E-state index contributed by atoms with van der Waals surface area (Å²) in [5.74, 6) is -0.394. The van der Waals surface area contributed by atoms with Gasteiger partial charge in [-0.15, -0.1) is 0 Å². The highest BCUT2D eigenvalue weighted by molar-refractivity contribution is 7.17. The van der Waals surface area contributed by atoms with E-state index in [1.807, 2.05) is 0 Å². The number of aromatic nitrogens is 2. The van der Waals surface area contributed by atoms with Crippen LogP contribution in [-0.2, 0) is 0 Å². The van der Waals surface area contributed by atoms with Crippen molar-refractivity contribution in [1.82, 2.24) is 9.97 Å². The second-order valence-electron chi connectivity index (χ2n) is 4.23. The molecule has 0 aliphatic rings. The molecule has 0 radical (unpaired) electrons. The second kappa shape index (κ2) is 5.41. The number of Topliss-reactive ketones (excluding diaryl/α,β-unsaturated/α-hetero) is 1. The number of carboxylic acids is 1. The molecule has 2 heterocycles. The molecule has 0 bridgehead atoms. The van der Waals surface area contributed by atoms with Gasteiger partial charge in [0.25, 0.3) is 0 Å². The highest BCUT2D eigenvalue weighted by Gasteiger charge is 2.22. The highest BCUT2D eigenvalue weighted by Crippen LogP contribution is 2.27. The first-order valence-corrected chi connectivity index (χ1v) is 6.64. The number of aryl methyl sites for hydroxylation is 1. The monoisotopic (exact) mass is 295 g/mol. The van der Waals surface area contributed by atoms with E-state index in [-0.39, 0.29) is 22.4 Å². The molecular weight excluding hydrogens is 282 g/mol. The Hall–Kier alpha value is -2.22. The van der Waals surface area contributed by atoms with Crippen molar-refractivity contribution >= 4 is 28.2 Å². The molecule has 0 fully saturated rings. The Kier molecular flexibility index (Phi) is 3.84. The Bertz CT molecular complexity index is 630. The number of oxazole rings is 1. The van der Waals surface area contributed by atoms with Crippen molar-refractivity contribution in [1.29, 1.82) is 0 Å². The first-order valence-electron chi connectivity index (χ1n) is 5.82. The van der Waals surface area contributed by atoms with Crippen molar-refractivity contribution in [3.05, 3.63) is 28.4 Å². The quantitative estimate of drug-likeness (QED) is 0.816. The van der Waals surface area contributed by atoms with E-state index < -0.39 is 5.97 Å². The molecule has 2 rings (SSSR count). The van der Waals surface area contributed by atoms with Crippen LogP contribution >= 0.6 is 11.3 Å². The van der Waals surface area contributed by atoms with Gasteiger partial charge < -0.3 is 14.8 Å². The summed E-state index contributed by atoms with van der Waals surface area (Å²) in [4.78, 5) is 30.5. The lowest BCUT2D eigenvalue weighted by Crippen LogP contribution is -2.07. The molecule has 2 aromatic rings. The van der Waals surface area contributed by atoms with Crippen LogP contribution in [0.5, 0.6) is 0 Å². The number of anilines is 1. The van der Waals surface area contributed by atoms with Crippen molar-refractivity contribution in [2.45, 2.75) is 26.8 Å². The van der Waals surface area contributed by atoms with E-state index in [0.717, 1.165) is 11.3 Å². The van der Waals surface area contributed by atoms with Gasteiger partial charge in [-0.1, -0.05) is 11.3 Å². The minimum atomic E-state index is -1.22. The van der Waals surface area contributed by atoms with Gasteiger partial charge in [-0.3, -0.25) is 4.79 Å². The molecule has 0 aliphatic heterocycles. The lowest BCUT2D eigenvalue weighted by atomic mass is 10.3. The van der Waals surface area contributed by atoms with Crippen LogP contribution in [0.15, 0.2) is 10.6 Å². The molecule has 2 aromatic heterocycles. The zero-order valence-electron chi connectivity index (χ0n) is 11.1. The van der Waals surface area contributed by atoms with Crippen LogP contribution in [0, 0.1) is 6.92 Å². The number of carbonyl (C=O) groups excluding carboxylic acids is 1. The van der Waals surface area contributed by atoms with Gasteiger partial charge in [0.2, 0.25) is 5.89 Å². The molecule has 20 heavy (non-hydrogen) atoms. The van der Waals surface area contributed by atoms with Crippen LogP contribution in [0.3, 0.4) is 0 Å². The number of nitrogens with zero attached hydrogens (tertiary/aromatic N) is 2. The third kappa shape index (κ3) is 2.85. The second-order valence-corrected chi connectivity index (χ2v) is 5.23. The van der Waals surface area contributed by atoms with Gasteiger partial charge in [0.15, 0.2) is 16.6 Å². The number of hydrogen-bond donors (Lipinski definition) is 2. The maximum absolute atomic E-state index is 11.4. The number of ketones is 1. The Morgan fingerprint density at radius 3 is 2.65 bits per heavy atom. The molecule has 0 aromatic carbocycles. The fourth-order valence-electron chi connectivity index (χ4n) is 1.58. The number of nitrogens with one attached hydrogen (secondary N) is 1. The topological polar surface area (TPSA) is 105 Å². The summed E-state index contributed by atoms with van der Waals surface area (Å²) in [6.07, 6.45) is 1.60. The lowest BCUT2D eigenvalue weighted by Gasteiger charge is -2.07. The predicted molar refractivity (Wildman–Crippen MR) is 72.4 cm³/mol. The fraction of sp³-hybridized carbons (Fsp3) is 0.333. The van der Waals surface area contributed by atoms with Crippen LogP contribution in [0.4, 0.5) is 5.13 Å². The average Bonchev–Trinajstić information content (AvgIpc) is 2.95. The predicted octanol–water partition coefficient (Wildman–Crippen LogP) is 2.51. The van der Waals surface area contributed by atoms with E-state index in [4.69, 9.17) is 9.52 Å². The zero-order valence-corrected chi connectivity index (χ0v) is 11.9. The van der Waals surface area contributed by atoms with Gasteiger partial charge in [0.05, 0.1) is 6.20 Å². The van der Waals surface area contributed by atoms with Crippen molar-refractivity contribution in [3.63, 3.8) is 0 Å². The maximum atomic E-state index is 11.4. The summed E-state index contributed by atoms with van der Waals surface area (Å²) in [6.45, 7) is 4.90. The van der Waals surface area contributed by atoms with Crippen molar-refractivity contribution in [2.24, 2.45) is 0 Å². The van der Waals surface area contributed by atoms with E-state index >= 15 is 0 Å². The van der Waals surface area contributed by atoms with E-state index in [1.165, 1.54) is 6.92 Å². The molecule has 0 saturated heterocycles. The van der Waals surface area contributed by atoms with Gasteiger partial charge >= 0.3 is 5.97 Å². The summed E-state index contributed by atoms with van der Waals surface area (Å²) in [7, 11) is 0. The molecule has 0 saturated carbocycles. The molecule has 2 N–H and O–H groups in total. The largest absolute Gasteiger partial charge is 0.476 e. The number of hydrogen-bond acceptors (Lipinski definition) is 7. The van der Waals surface area contributed by atoms with Crippen LogP contribution in [-0.4, -0.2) is 26.8 Å². The molecule has 106 valence electrons. The summed E-state index contributed by atoms with van der Waals surface area (Å²) < 4.78 is 5.37. The highest BCUT2D eigenvalue weighted by atomic mass is 32.1. The van der Waals surface area contributed by atoms with Crippen LogP contribution in [0.2, 0.25) is 0 Å². The van der Waals surface area contributed by atoms with Gasteiger partial charge in [0, 0.05) is 6.92 Å². The third-order valence-corrected chi connectivity index (χ3v) is 3.59. The number of carbonyl (C=O) groups is 2. The van der Waals surface area contributed by atoms with E-state index in [2.05, 4.69) is 15.3 Å². The smallest absolute Gasteiger partial charge is 0.356 e. The molecule has 0 spiro atoms. The Balaban J connectivity index is 2.23. The Morgan fingerprint density at radius 1 is 1.50 bits per heavy atom. The number of aromatic carboxylic acids is 1. The van der Waals surface area contributed by atoms with E-state index in [1.54, 1.807) is 20.0 Å². The van der Waals surface area contributed by atoms with Crippen LogP contribution in [0.1, 0.15) is 51.7 Å². The summed E-state index contributed by atoms with van der Waals surface area (Å²) in [5.41, 5.74) is -0.235. The standard InChI is InChI=1S/C12H13N3O4S/c1-5-4-13-10(19-5)6(2)14-12-15-8(11(17)18)9(20-12)7(3)16/h4,6H,1-3H3,(H,14,15)(H,17,18). The van der Waals surface area contributed by atoms with Crippen LogP contribution in [0.25, 0.3) is 0 Å². The Labute approximate surface area is 118 Å². The minimum Gasteiger partial charge on any atom is -0.476 e. The zero-order chi connectivity index (χ0) is 14.9. The summed E-state index contributed by atoms with van der Waals surface area (Å²) >= 11 is 1.00. The third-order valence-electron chi connectivity index (χ3n) is 2.50. The maximum Gasteiger partial charge on any atom is 0.356 e. The van der Waals surface area contributed by atoms with E-state index in [0.29, 0.717) is 16.8 Å². The minimum absolute atomic E-state index is 0.121. The first-order chi connectivity index (χ1) is 9.38. The molecule has 8 heteroatoms. The number of rotatable bonds is 5. The number of thiazole rings is 1. The lowest BCUT2D eigenvalue weighted by molar-refractivity contribution is 0.0687. The summed E-state index contributed by atoms with van der Waals surface area (Å²) in [5, 5.41) is 12.3. The van der Waals surface area contributed by atoms with Gasteiger partial charge in [-0.25, -0.2) is 14.8 Å². The van der Waals surface area contributed by atoms with Gasteiger partial charge in [0.1, 0.15) is 16.7 Å². The molecule has 1 unspecified atom stereocenters.